The molecule has 158 valence electrons. The zero-order valence-electron chi connectivity index (χ0n) is 16.0. The predicted molar refractivity (Wildman–Crippen MR) is 103 cm³/mol. The average molecular weight is 429 g/mol. The fourth-order valence-electron chi connectivity index (χ4n) is 3.41. The maximum absolute atomic E-state index is 13.2. The zero-order chi connectivity index (χ0) is 21.4. The summed E-state index contributed by atoms with van der Waals surface area (Å²) in [6, 6.07) is 4.15. The molecule has 1 fully saturated rings. The molecule has 2 N–H and O–H groups in total. The van der Waals surface area contributed by atoms with Gasteiger partial charge in [-0.1, -0.05) is 18.6 Å². The Balaban J connectivity index is 2.14. The normalized spacial score (nSPS) is 18.9. The van der Waals surface area contributed by atoms with Crippen LogP contribution >= 0.6 is 0 Å². The van der Waals surface area contributed by atoms with Crippen LogP contribution in [0.1, 0.15) is 36.6 Å². The van der Waals surface area contributed by atoms with E-state index < -0.39 is 28.0 Å². The predicted octanol–water partition coefficient (Wildman–Crippen LogP) is 3.08. The molecule has 0 unspecified atom stereocenters. The van der Waals surface area contributed by atoms with Crippen molar-refractivity contribution >= 4 is 16.2 Å². The van der Waals surface area contributed by atoms with Gasteiger partial charge < -0.3 is 5.73 Å². The molecule has 2 heterocycles. The van der Waals surface area contributed by atoms with Crippen LogP contribution in [0.5, 0.6) is 0 Å². The Bertz CT molecular complexity index is 995. The molecule has 29 heavy (non-hydrogen) atoms. The monoisotopic (exact) mass is 429 g/mol. The summed E-state index contributed by atoms with van der Waals surface area (Å²) in [5, 5.41) is 0. The van der Waals surface area contributed by atoms with Gasteiger partial charge in [0.1, 0.15) is 0 Å². The van der Waals surface area contributed by atoms with Gasteiger partial charge in [0, 0.05) is 32.4 Å². The van der Waals surface area contributed by atoms with E-state index in [1.807, 2.05) is 0 Å². The number of halogens is 3. The third-order valence-electron chi connectivity index (χ3n) is 4.86. The first-order valence-corrected chi connectivity index (χ1v) is 10.4. The van der Waals surface area contributed by atoms with E-state index in [0.717, 1.165) is 22.9 Å². The summed E-state index contributed by atoms with van der Waals surface area (Å²) in [6.07, 6.45) is -1.23. The molecule has 1 aliphatic rings. The van der Waals surface area contributed by atoms with Crippen molar-refractivity contribution in [2.75, 3.05) is 26.4 Å². The van der Waals surface area contributed by atoms with Gasteiger partial charge in [0.15, 0.2) is 0 Å². The van der Waals surface area contributed by atoms with Crippen LogP contribution in [0.25, 0.3) is 11.1 Å². The quantitative estimate of drug-likeness (QED) is 0.806. The third kappa shape index (κ3) is 4.36. The Hall–Kier alpha value is -2.24. The number of hydrogen-bond donors (Lipinski definition) is 1. The lowest BCUT2D eigenvalue weighted by molar-refractivity contribution is -0.137. The molecule has 1 aliphatic heterocycles. The van der Waals surface area contributed by atoms with Gasteiger partial charge in [0.05, 0.1) is 17.3 Å². The van der Waals surface area contributed by atoms with Crippen LogP contribution in [-0.4, -0.2) is 47.6 Å². The van der Waals surface area contributed by atoms with E-state index in [1.165, 1.54) is 36.7 Å². The largest absolute Gasteiger partial charge is 0.416 e. The fraction of sp³-hybridized carbons (Fsp3) is 0.444. The van der Waals surface area contributed by atoms with E-state index in [4.69, 9.17) is 5.73 Å². The summed E-state index contributed by atoms with van der Waals surface area (Å²) in [6.45, 7) is 0.289. The standard InChI is InChI=1S/C18H22F3N5O2S/c1-25(2)29(27,28)26-9-4-3-8-15(26)16-14(11-23-17(22)24-16)12-6-5-7-13(10-12)18(19,20)21/h5-7,10-11,15H,3-4,8-9H2,1-2H3,(H2,22,23,24)/t15-/m0/s1. The molecule has 0 saturated carbocycles. The van der Waals surface area contributed by atoms with E-state index in [2.05, 4.69) is 9.97 Å². The lowest BCUT2D eigenvalue weighted by atomic mass is 9.95. The number of alkyl halides is 3. The lowest BCUT2D eigenvalue weighted by Gasteiger charge is -2.36. The summed E-state index contributed by atoms with van der Waals surface area (Å²) in [5.74, 6) is -0.0662. The molecule has 0 amide bonds. The van der Waals surface area contributed by atoms with Gasteiger partial charge in [-0.2, -0.15) is 30.2 Å². The molecule has 0 radical (unpaired) electrons. The van der Waals surface area contributed by atoms with Crippen LogP contribution in [0.4, 0.5) is 19.1 Å². The van der Waals surface area contributed by atoms with Crippen LogP contribution in [-0.2, 0) is 16.4 Å². The SMILES string of the molecule is CN(C)S(=O)(=O)N1CCCC[C@H]1c1nc(N)ncc1-c1cccc(C(F)(F)F)c1. The highest BCUT2D eigenvalue weighted by molar-refractivity contribution is 7.86. The van der Waals surface area contributed by atoms with E-state index in [9.17, 15) is 21.6 Å². The Morgan fingerprint density at radius 1 is 1.24 bits per heavy atom. The highest BCUT2D eigenvalue weighted by Crippen LogP contribution is 2.39. The molecule has 1 aromatic heterocycles. The summed E-state index contributed by atoms with van der Waals surface area (Å²) in [7, 11) is -0.888. The molecule has 1 atom stereocenters. The van der Waals surface area contributed by atoms with Crippen molar-refractivity contribution in [2.24, 2.45) is 0 Å². The molecule has 7 nitrogen and oxygen atoms in total. The minimum atomic E-state index is -4.50. The second kappa shape index (κ2) is 7.88. The smallest absolute Gasteiger partial charge is 0.368 e. The van der Waals surface area contributed by atoms with Crippen molar-refractivity contribution < 1.29 is 21.6 Å². The van der Waals surface area contributed by atoms with Crippen LogP contribution in [0.15, 0.2) is 30.5 Å². The number of anilines is 1. The maximum Gasteiger partial charge on any atom is 0.416 e. The van der Waals surface area contributed by atoms with E-state index in [1.54, 1.807) is 0 Å². The Kier molecular flexibility index (Phi) is 5.84. The fourth-order valence-corrected chi connectivity index (χ4v) is 4.72. The number of benzene rings is 1. The molecule has 3 rings (SSSR count). The highest BCUT2D eigenvalue weighted by atomic mass is 32.2. The second-order valence-electron chi connectivity index (χ2n) is 7.02. The molecule has 11 heteroatoms. The van der Waals surface area contributed by atoms with E-state index >= 15 is 0 Å². The molecular weight excluding hydrogens is 407 g/mol. The zero-order valence-corrected chi connectivity index (χ0v) is 16.8. The van der Waals surface area contributed by atoms with Crippen LogP contribution in [0.3, 0.4) is 0 Å². The molecule has 0 bridgehead atoms. The van der Waals surface area contributed by atoms with E-state index in [-0.39, 0.29) is 18.1 Å². The van der Waals surface area contributed by atoms with Crippen molar-refractivity contribution in [3.8, 4) is 11.1 Å². The van der Waals surface area contributed by atoms with Gasteiger partial charge in [-0.15, -0.1) is 0 Å². The molecule has 1 aromatic carbocycles. The van der Waals surface area contributed by atoms with Gasteiger partial charge in [-0.25, -0.2) is 9.97 Å². The van der Waals surface area contributed by atoms with Crippen molar-refractivity contribution in [3.63, 3.8) is 0 Å². The Morgan fingerprint density at radius 3 is 2.62 bits per heavy atom. The van der Waals surface area contributed by atoms with Gasteiger partial charge in [0.25, 0.3) is 10.2 Å². The third-order valence-corrected chi connectivity index (χ3v) is 6.82. The average Bonchev–Trinajstić information content (AvgIpc) is 2.67. The maximum atomic E-state index is 13.2. The van der Waals surface area contributed by atoms with Crippen LogP contribution in [0, 0.1) is 0 Å². The second-order valence-corrected chi connectivity index (χ2v) is 9.11. The number of rotatable bonds is 4. The Labute approximate surface area is 167 Å². The minimum absolute atomic E-state index is 0.0662. The van der Waals surface area contributed by atoms with Gasteiger partial charge in [-0.05, 0) is 30.5 Å². The molecule has 0 spiro atoms. The minimum Gasteiger partial charge on any atom is -0.368 e. The first-order valence-electron chi connectivity index (χ1n) is 9.01. The lowest BCUT2D eigenvalue weighted by Crippen LogP contribution is -2.45. The van der Waals surface area contributed by atoms with Crippen molar-refractivity contribution in [3.05, 3.63) is 41.7 Å². The highest BCUT2D eigenvalue weighted by Gasteiger charge is 2.37. The number of nitrogens with zero attached hydrogens (tertiary/aromatic N) is 4. The molecule has 1 saturated heterocycles. The molecule has 0 aliphatic carbocycles. The first kappa shape index (κ1) is 21.5. The summed E-state index contributed by atoms with van der Waals surface area (Å²) in [4.78, 5) is 8.18. The van der Waals surface area contributed by atoms with Crippen LogP contribution < -0.4 is 5.73 Å². The number of nitrogen functional groups attached to an aromatic ring is 1. The molecular formula is C18H22F3N5O2S. The first-order chi connectivity index (χ1) is 13.5. The Morgan fingerprint density at radius 2 is 1.97 bits per heavy atom. The van der Waals surface area contributed by atoms with Gasteiger partial charge in [-0.3, -0.25) is 0 Å². The summed E-state index contributed by atoms with van der Waals surface area (Å²) >= 11 is 0. The van der Waals surface area contributed by atoms with E-state index in [0.29, 0.717) is 24.1 Å². The van der Waals surface area contributed by atoms with Crippen molar-refractivity contribution in [1.82, 2.24) is 18.6 Å². The van der Waals surface area contributed by atoms with Crippen molar-refractivity contribution in [2.45, 2.75) is 31.5 Å². The molecule has 2 aromatic rings. The number of nitrogens with two attached hydrogens (primary N) is 1. The number of piperidine rings is 1. The van der Waals surface area contributed by atoms with Gasteiger partial charge in [0.2, 0.25) is 5.95 Å². The van der Waals surface area contributed by atoms with Crippen molar-refractivity contribution in [1.29, 1.82) is 0 Å². The summed E-state index contributed by atoms with van der Waals surface area (Å²) < 4.78 is 67.6. The van der Waals surface area contributed by atoms with Crippen LogP contribution in [0.2, 0.25) is 0 Å². The number of hydrogen-bond acceptors (Lipinski definition) is 5. The van der Waals surface area contributed by atoms with Gasteiger partial charge >= 0.3 is 6.18 Å². The number of aromatic nitrogens is 2. The topological polar surface area (TPSA) is 92.4 Å². The summed E-state index contributed by atoms with van der Waals surface area (Å²) in [5.41, 5.74) is 5.83.